The molecule has 2 rings (SSSR count). The maximum absolute atomic E-state index is 9.96. The molecule has 0 aliphatic heterocycles. The van der Waals surface area contributed by atoms with Crippen LogP contribution in [-0.2, 0) is 0 Å². The first-order valence-electron chi connectivity index (χ1n) is 8.85. The molecule has 2 saturated carbocycles. The molecule has 2 fully saturated rings. The Morgan fingerprint density at radius 2 is 1.80 bits per heavy atom. The van der Waals surface area contributed by atoms with Crippen LogP contribution in [0.4, 0.5) is 0 Å². The van der Waals surface area contributed by atoms with Gasteiger partial charge in [-0.2, -0.15) is 0 Å². The van der Waals surface area contributed by atoms with Crippen LogP contribution in [0.25, 0.3) is 0 Å². The summed E-state index contributed by atoms with van der Waals surface area (Å²) in [6.07, 6.45) is 10.1. The Kier molecular flexibility index (Phi) is 6.31. The van der Waals surface area contributed by atoms with E-state index in [1.165, 1.54) is 71.0 Å². The minimum absolute atomic E-state index is 0.0469. The molecule has 3 heteroatoms. The average Bonchev–Trinajstić information content (AvgIpc) is 3.16. The molecule has 118 valence electrons. The Morgan fingerprint density at radius 1 is 1.10 bits per heavy atom. The monoisotopic (exact) mass is 282 g/mol. The number of aliphatic hydroxyl groups excluding tert-OH is 1. The third-order valence-corrected chi connectivity index (χ3v) is 5.18. The van der Waals surface area contributed by atoms with Crippen LogP contribution in [-0.4, -0.2) is 47.8 Å². The summed E-state index contributed by atoms with van der Waals surface area (Å²) in [6, 6.07) is 0.699. The minimum Gasteiger partial charge on any atom is -0.394 e. The van der Waals surface area contributed by atoms with Gasteiger partial charge in [-0.05, 0) is 70.5 Å². The molecule has 2 aliphatic carbocycles. The van der Waals surface area contributed by atoms with Gasteiger partial charge in [0.25, 0.3) is 0 Å². The van der Waals surface area contributed by atoms with E-state index in [9.17, 15) is 5.11 Å². The Labute approximate surface area is 125 Å². The number of nitrogens with one attached hydrogen (secondary N) is 1. The standard InChI is InChI=1S/C17H34N2O/c1-3-11-19(12-4-2)13-9-15-6-5-10-17(15,14-20)18-16-7-8-16/h15-16,18,20H,3-14H2,1-2H3. The van der Waals surface area contributed by atoms with E-state index in [1.54, 1.807) is 0 Å². The van der Waals surface area contributed by atoms with Gasteiger partial charge in [-0.1, -0.05) is 20.3 Å². The summed E-state index contributed by atoms with van der Waals surface area (Å²) in [5, 5.41) is 13.7. The summed E-state index contributed by atoms with van der Waals surface area (Å²) in [7, 11) is 0. The fourth-order valence-corrected chi connectivity index (χ4v) is 3.95. The molecular formula is C17H34N2O. The van der Waals surface area contributed by atoms with Crippen LogP contribution in [0.5, 0.6) is 0 Å². The predicted octanol–water partition coefficient (Wildman–Crippen LogP) is 2.78. The maximum atomic E-state index is 9.96. The Bertz CT molecular complexity index is 274. The molecule has 0 heterocycles. The van der Waals surface area contributed by atoms with Crippen LogP contribution in [0.15, 0.2) is 0 Å². The van der Waals surface area contributed by atoms with E-state index < -0.39 is 0 Å². The fourth-order valence-electron chi connectivity index (χ4n) is 3.95. The van der Waals surface area contributed by atoms with Crippen molar-refractivity contribution < 1.29 is 5.11 Å². The van der Waals surface area contributed by atoms with E-state index in [0.29, 0.717) is 18.6 Å². The lowest BCUT2D eigenvalue weighted by Gasteiger charge is -2.36. The molecule has 0 aromatic heterocycles. The van der Waals surface area contributed by atoms with Gasteiger partial charge >= 0.3 is 0 Å². The highest BCUT2D eigenvalue weighted by Gasteiger charge is 2.44. The first-order chi connectivity index (χ1) is 9.74. The van der Waals surface area contributed by atoms with Gasteiger partial charge in [0.15, 0.2) is 0 Å². The second-order valence-electron chi connectivity index (χ2n) is 6.95. The Morgan fingerprint density at radius 3 is 2.35 bits per heavy atom. The molecule has 2 N–H and O–H groups in total. The average molecular weight is 282 g/mol. The summed E-state index contributed by atoms with van der Waals surface area (Å²) in [4.78, 5) is 2.61. The van der Waals surface area contributed by atoms with E-state index >= 15 is 0 Å². The van der Waals surface area contributed by atoms with Gasteiger partial charge in [-0.15, -0.1) is 0 Å². The second-order valence-corrected chi connectivity index (χ2v) is 6.95. The van der Waals surface area contributed by atoms with Crippen molar-refractivity contribution in [2.45, 2.75) is 76.8 Å². The largest absolute Gasteiger partial charge is 0.394 e. The van der Waals surface area contributed by atoms with Gasteiger partial charge in [0.2, 0.25) is 0 Å². The highest BCUT2D eigenvalue weighted by molar-refractivity contribution is 5.03. The Balaban J connectivity index is 1.85. The molecule has 2 unspecified atom stereocenters. The van der Waals surface area contributed by atoms with E-state index in [4.69, 9.17) is 0 Å². The quantitative estimate of drug-likeness (QED) is 0.647. The van der Waals surface area contributed by atoms with Crippen LogP contribution in [0.2, 0.25) is 0 Å². The molecule has 0 amide bonds. The lowest BCUT2D eigenvalue weighted by atomic mass is 9.85. The van der Waals surface area contributed by atoms with Crippen molar-refractivity contribution >= 4 is 0 Å². The molecule has 3 nitrogen and oxygen atoms in total. The van der Waals surface area contributed by atoms with Crippen LogP contribution in [0, 0.1) is 5.92 Å². The SMILES string of the molecule is CCCN(CCC)CCC1CCCC1(CO)NC1CC1. The molecule has 0 radical (unpaired) electrons. The number of aliphatic hydroxyl groups is 1. The third kappa shape index (κ3) is 4.19. The van der Waals surface area contributed by atoms with Gasteiger partial charge in [0, 0.05) is 11.6 Å². The molecule has 0 bridgehead atoms. The topological polar surface area (TPSA) is 35.5 Å². The normalized spacial score (nSPS) is 30.3. The molecular weight excluding hydrogens is 248 g/mol. The third-order valence-electron chi connectivity index (χ3n) is 5.18. The van der Waals surface area contributed by atoms with Gasteiger partial charge in [0.1, 0.15) is 0 Å². The van der Waals surface area contributed by atoms with Gasteiger partial charge in [0.05, 0.1) is 6.61 Å². The van der Waals surface area contributed by atoms with Gasteiger partial charge in [-0.3, -0.25) is 0 Å². The summed E-state index contributed by atoms with van der Waals surface area (Å²) < 4.78 is 0. The van der Waals surface area contributed by atoms with Crippen molar-refractivity contribution in [2.24, 2.45) is 5.92 Å². The van der Waals surface area contributed by atoms with Crippen LogP contribution >= 0.6 is 0 Å². The highest BCUT2D eigenvalue weighted by atomic mass is 16.3. The van der Waals surface area contributed by atoms with Crippen molar-refractivity contribution in [2.75, 3.05) is 26.2 Å². The summed E-state index contributed by atoms with van der Waals surface area (Å²) in [5.41, 5.74) is 0.0469. The molecule has 0 spiro atoms. The number of rotatable bonds is 10. The zero-order valence-corrected chi connectivity index (χ0v) is 13.5. The molecule has 2 aliphatic rings. The summed E-state index contributed by atoms with van der Waals surface area (Å²) in [5.74, 6) is 0.671. The number of nitrogens with zero attached hydrogens (tertiary/aromatic N) is 1. The predicted molar refractivity (Wildman–Crippen MR) is 85.0 cm³/mol. The second kappa shape index (κ2) is 7.77. The smallest absolute Gasteiger partial charge is 0.0616 e. The first kappa shape index (κ1) is 16.3. The maximum Gasteiger partial charge on any atom is 0.0616 e. The van der Waals surface area contributed by atoms with E-state index in [-0.39, 0.29) is 5.54 Å². The molecule has 20 heavy (non-hydrogen) atoms. The Hall–Kier alpha value is -0.120. The van der Waals surface area contributed by atoms with Crippen LogP contribution in [0.1, 0.15) is 65.2 Å². The minimum atomic E-state index is 0.0469. The molecule has 0 saturated heterocycles. The number of hydrogen-bond donors (Lipinski definition) is 2. The molecule has 0 aromatic carbocycles. The van der Waals surface area contributed by atoms with Crippen molar-refractivity contribution in [1.82, 2.24) is 10.2 Å². The van der Waals surface area contributed by atoms with Crippen LogP contribution < -0.4 is 5.32 Å². The highest BCUT2D eigenvalue weighted by Crippen LogP contribution is 2.40. The van der Waals surface area contributed by atoms with Crippen molar-refractivity contribution in [3.05, 3.63) is 0 Å². The van der Waals surface area contributed by atoms with Gasteiger partial charge in [-0.25, -0.2) is 0 Å². The lowest BCUT2D eigenvalue weighted by molar-refractivity contribution is 0.109. The zero-order chi connectivity index (χ0) is 14.4. The van der Waals surface area contributed by atoms with Gasteiger partial charge < -0.3 is 15.3 Å². The molecule has 0 aromatic rings. The number of hydrogen-bond acceptors (Lipinski definition) is 3. The van der Waals surface area contributed by atoms with E-state index in [1.807, 2.05) is 0 Å². The van der Waals surface area contributed by atoms with Crippen molar-refractivity contribution in [3.8, 4) is 0 Å². The first-order valence-corrected chi connectivity index (χ1v) is 8.85. The molecule has 2 atom stereocenters. The summed E-state index contributed by atoms with van der Waals surface area (Å²) >= 11 is 0. The van der Waals surface area contributed by atoms with E-state index in [2.05, 4.69) is 24.1 Å². The fraction of sp³-hybridized carbons (Fsp3) is 1.00. The van der Waals surface area contributed by atoms with Crippen molar-refractivity contribution in [1.29, 1.82) is 0 Å². The summed E-state index contributed by atoms with van der Waals surface area (Å²) in [6.45, 7) is 8.53. The van der Waals surface area contributed by atoms with E-state index in [0.717, 1.165) is 0 Å². The van der Waals surface area contributed by atoms with Crippen LogP contribution in [0.3, 0.4) is 0 Å². The van der Waals surface area contributed by atoms with Crippen molar-refractivity contribution in [3.63, 3.8) is 0 Å². The lowest BCUT2D eigenvalue weighted by Crippen LogP contribution is -2.53. The zero-order valence-electron chi connectivity index (χ0n) is 13.5.